The number of ketones is 1. The fourth-order valence-corrected chi connectivity index (χ4v) is 0.814. The van der Waals surface area contributed by atoms with Gasteiger partial charge in [-0.3, -0.25) is 4.79 Å². The van der Waals surface area contributed by atoms with Gasteiger partial charge in [-0.15, -0.1) is 0 Å². The summed E-state index contributed by atoms with van der Waals surface area (Å²) in [4.78, 5) is 10.7. The summed E-state index contributed by atoms with van der Waals surface area (Å²) in [5.41, 5.74) is 11.1. The quantitative estimate of drug-likeness (QED) is 0.585. The van der Waals surface area contributed by atoms with Gasteiger partial charge in [0, 0.05) is 6.04 Å². The summed E-state index contributed by atoms with van der Waals surface area (Å²) in [7, 11) is 0. The van der Waals surface area contributed by atoms with Crippen LogP contribution in [0.3, 0.4) is 0 Å². The van der Waals surface area contributed by atoms with Gasteiger partial charge in [-0.25, -0.2) is 0 Å². The van der Waals surface area contributed by atoms with E-state index in [1.165, 1.54) is 6.92 Å². The van der Waals surface area contributed by atoms with Crippen LogP contribution in [0.15, 0.2) is 0 Å². The first-order valence-corrected chi connectivity index (χ1v) is 3.61. The summed E-state index contributed by atoms with van der Waals surface area (Å²) in [6.45, 7) is 3.49. The first-order chi connectivity index (χ1) is 4.59. The molecule has 2 unspecified atom stereocenters. The van der Waals surface area contributed by atoms with E-state index in [-0.39, 0.29) is 11.8 Å². The second kappa shape index (κ2) is 4.41. The predicted octanol–water partition coefficient (Wildman–Crippen LogP) is 0.0301. The van der Waals surface area contributed by atoms with Crippen molar-refractivity contribution >= 4 is 5.78 Å². The predicted molar refractivity (Wildman–Crippen MR) is 41.5 cm³/mol. The van der Waals surface area contributed by atoms with Crippen LogP contribution in [-0.4, -0.2) is 17.9 Å². The van der Waals surface area contributed by atoms with Crippen LogP contribution in [-0.2, 0) is 4.79 Å². The fraction of sp³-hybridized carbons (Fsp3) is 0.857. The molecule has 0 heterocycles. The second-order valence-electron chi connectivity index (χ2n) is 2.59. The lowest BCUT2D eigenvalue weighted by Crippen LogP contribution is -2.45. The highest BCUT2D eigenvalue weighted by Gasteiger charge is 2.15. The van der Waals surface area contributed by atoms with Crippen molar-refractivity contribution in [2.24, 2.45) is 11.5 Å². The first kappa shape index (κ1) is 9.59. The Hall–Kier alpha value is -0.410. The Balaban J connectivity index is 3.69. The Kier molecular flexibility index (Phi) is 4.23. The van der Waals surface area contributed by atoms with E-state index in [0.717, 1.165) is 12.8 Å². The molecule has 0 radical (unpaired) electrons. The van der Waals surface area contributed by atoms with Gasteiger partial charge in [0.1, 0.15) is 5.78 Å². The first-order valence-electron chi connectivity index (χ1n) is 3.61. The minimum atomic E-state index is -0.472. The van der Waals surface area contributed by atoms with E-state index in [2.05, 4.69) is 0 Å². The van der Waals surface area contributed by atoms with Gasteiger partial charge in [0.2, 0.25) is 0 Å². The zero-order valence-electron chi connectivity index (χ0n) is 6.63. The number of Topliss-reactive ketones (excluding diaryl/α,β-unsaturated/α-hetero) is 1. The van der Waals surface area contributed by atoms with E-state index in [9.17, 15) is 4.79 Å². The van der Waals surface area contributed by atoms with E-state index in [1.54, 1.807) is 0 Å². The standard InChI is InChI=1S/C7H16N2O/c1-3-4-6(8)7(9)5(2)10/h6-7H,3-4,8-9H2,1-2H3. The molecule has 0 aliphatic rings. The summed E-state index contributed by atoms with van der Waals surface area (Å²) in [6.07, 6.45) is 1.79. The van der Waals surface area contributed by atoms with Gasteiger partial charge in [-0.2, -0.15) is 0 Å². The van der Waals surface area contributed by atoms with E-state index < -0.39 is 6.04 Å². The van der Waals surface area contributed by atoms with Gasteiger partial charge in [-0.05, 0) is 13.3 Å². The molecule has 0 fully saturated rings. The Bertz CT molecular complexity index is 114. The normalized spacial score (nSPS) is 16.4. The molecule has 0 aliphatic carbocycles. The summed E-state index contributed by atoms with van der Waals surface area (Å²) in [5.74, 6) is -0.0269. The molecule has 0 aromatic carbocycles. The van der Waals surface area contributed by atoms with Crippen LogP contribution < -0.4 is 11.5 Å². The van der Waals surface area contributed by atoms with Crippen LogP contribution in [0.5, 0.6) is 0 Å². The Morgan fingerprint density at radius 1 is 1.50 bits per heavy atom. The summed E-state index contributed by atoms with van der Waals surface area (Å²) in [5, 5.41) is 0. The highest BCUT2D eigenvalue weighted by molar-refractivity contribution is 5.81. The summed E-state index contributed by atoms with van der Waals surface area (Å²) in [6, 6.07) is -0.637. The molecule has 0 spiro atoms. The Morgan fingerprint density at radius 2 is 2.00 bits per heavy atom. The molecule has 0 amide bonds. The largest absolute Gasteiger partial charge is 0.326 e. The van der Waals surface area contributed by atoms with Crippen molar-refractivity contribution in [3.8, 4) is 0 Å². The minimum Gasteiger partial charge on any atom is -0.326 e. The maximum absolute atomic E-state index is 10.7. The molecule has 2 atom stereocenters. The molecule has 4 N–H and O–H groups in total. The number of hydrogen-bond donors (Lipinski definition) is 2. The molecule has 10 heavy (non-hydrogen) atoms. The maximum Gasteiger partial charge on any atom is 0.148 e. The lowest BCUT2D eigenvalue weighted by molar-refractivity contribution is -0.118. The second-order valence-corrected chi connectivity index (χ2v) is 2.59. The molecule has 0 saturated carbocycles. The topological polar surface area (TPSA) is 69.1 Å². The summed E-state index contributed by atoms with van der Waals surface area (Å²) >= 11 is 0. The van der Waals surface area contributed by atoms with Crippen LogP contribution in [0.2, 0.25) is 0 Å². The van der Waals surface area contributed by atoms with Gasteiger partial charge in [0.05, 0.1) is 6.04 Å². The van der Waals surface area contributed by atoms with Crippen molar-refractivity contribution in [1.82, 2.24) is 0 Å². The van der Waals surface area contributed by atoms with Crippen LogP contribution in [0.25, 0.3) is 0 Å². The highest BCUT2D eigenvalue weighted by atomic mass is 16.1. The van der Waals surface area contributed by atoms with Gasteiger partial charge >= 0.3 is 0 Å². The van der Waals surface area contributed by atoms with Crippen LogP contribution in [0, 0.1) is 0 Å². The van der Waals surface area contributed by atoms with E-state index in [4.69, 9.17) is 11.5 Å². The molecule has 0 aromatic heterocycles. The number of rotatable bonds is 4. The molecule has 0 saturated heterocycles. The molecule has 0 aromatic rings. The smallest absolute Gasteiger partial charge is 0.148 e. The monoisotopic (exact) mass is 144 g/mol. The third kappa shape index (κ3) is 2.94. The van der Waals surface area contributed by atoms with Crippen molar-refractivity contribution in [1.29, 1.82) is 0 Å². The van der Waals surface area contributed by atoms with Crippen LogP contribution in [0.4, 0.5) is 0 Å². The lowest BCUT2D eigenvalue weighted by Gasteiger charge is -2.15. The molecule has 0 bridgehead atoms. The third-order valence-corrected chi connectivity index (χ3v) is 1.55. The SMILES string of the molecule is CCCC(N)C(N)C(C)=O. The number of hydrogen-bond acceptors (Lipinski definition) is 3. The van der Waals surface area contributed by atoms with Crippen molar-refractivity contribution in [2.45, 2.75) is 38.8 Å². The van der Waals surface area contributed by atoms with Crippen molar-refractivity contribution in [2.75, 3.05) is 0 Å². The number of nitrogens with two attached hydrogens (primary N) is 2. The van der Waals surface area contributed by atoms with E-state index >= 15 is 0 Å². The minimum absolute atomic E-state index is 0.0269. The van der Waals surface area contributed by atoms with Gasteiger partial charge in [0.15, 0.2) is 0 Å². The van der Waals surface area contributed by atoms with Crippen LogP contribution in [0.1, 0.15) is 26.7 Å². The Morgan fingerprint density at radius 3 is 2.30 bits per heavy atom. The summed E-state index contributed by atoms with van der Waals surface area (Å²) < 4.78 is 0. The van der Waals surface area contributed by atoms with Gasteiger partial charge in [0.25, 0.3) is 0 Å². The molecule has 3 nitrogen and oxygen atoms in total. The van der Waals surface area contributed by atoms with Crippen molar-refractivity contribution < 1.29 is 4.79 Å². The number of carbonyl (C=O) groups excluding carboxylic acids is 1. The molecular weight excluding hydrogens is 128 g/mol. The molecule has 0 rings (SSSR count). The molecule has 3 heteroatoms. The van der Waals surface area contributed by atoms with E-state index in [1.807, 2.05) is 6.92 Å². The zero-order chi connectivity index (χ0) is 8.15. The average molecular weight is 144 g/mol. The van der Waals surface area contributed by atoms with Crippen molar-refractivity contribution in [3.05, 3.63) is 0 Å². The van der Waals surface area contributed by atoms with E-state index in [0.29, 0.717) is 0 Å². The highest BCUT2D eigenvalue weighted by Crippen LogP contribution is 1.97. The average Bonchev–Trinajstić information content (AvgIpc) is 1.87. The van der Waals surface area contributed by atoms with Crippen molar-refractivity contribution in [3.63, 3.8) is 0 Å². The maximum atomic E-state index is 10.7. The lowest BCUT2D eigenvalue weighted by atomic mass is 10.0. The zero-order valence-corrected chi connectivity index (χ0v) is 6.63. The number of carbonyl (C=O) groups is 1. The van der Waals surface area contributed by atoms with Gasteiger partial charge in [-0.1, -0.05) is 13.3 Å². The molecular formula is C7H16N2O. The Labute approximate surface area is 61.8 Å². The van der Waals surface area contributed by atoms with Crippen LogP contribution >= 0.6 is 0 Å². The van der Waals surface area contributed by atoms with Gasteiger partial charge < -0.3 is 11.5 Å². The molecule has 0 aliphatic heterocycles. The fourth-order valence-electron chi connectivity index (χ4n) is 0.814. The molecule has 60 valence electrons. The third-order valence-electron chi connectivity index (χ3n) is 1.55.